The van der Waals surface area contributed by atoms with Gasteiger partial charge in [0.25, 0.3) is 5.69 Å². The fourth-order valence-corrected chi connectivity index (χ4v) is 2.05. The zero-order valence-corrected chi connectivity index (χ0v) is 12.0. The Morgan fingerprint density at radius 3 is 2.55 bits per heavy atom. The van der Waals surface area contributed by atoms with Gasteiger partial charge in [0.05, 0.1) is 11.0 Å². The lowest BCUT2D eigenvalue weighted by atomic mass is 9.85. The summed E-state index contributed by atoms with van der Waals surface area (Å²) in [4.78, 5) is 10.1. The number of rotatable bonds is 6. The van der Waals surface area contributed by atoms with Crippen molar-refractivity contribution < 1.29 is 14.4 Å². The molecule has 1 rings (SSSR count). The molecule has 1 atom stereocenters. The minimum Gasteiger partial charge on any atom is -0.396 e. The number of halogens is 1. The normalized spacial score (nSPS) is 13.2. The van der Waals surface area contributed by atoms with Gasteiger partial charge in [-0.2, -0.15) is 0 Å². The largest absolute Gasteiger partial charge is 0.396 e. The molecular formula is C14H21FN2O3. The summed E-state index contributed by atoms with van der Waals surface area (Å²) < 4.78 is 13.3. The van der Waals surface area contributed by atoms with Crippen molar-refractivity contribution in [3.05, 3.63) is 39.7 Å². The van der Waals surface area contributed by atoms with Gasteiger partial charge in [-0.25, -0.2) is 4.39 Å². The van der Waals surface area contributed by atoms with Crippen molar-refractivity contribution in [3.8, 4) is 0 Å². The lowest BCUT2D eigenvalue weighted by molar-refractivity contribution is -0.385. The number of aliphatic hydroxyl groups excluding tert-OH is 1. The molecule has 1 unspecified atom stereocenters. The van der Waals surface area contributed by atoms with Crippen LogP contribution in [-0.2, 0) is 6.54 Å². The number of nitro groups is 1. The van der Waals surface area contributed by atoms with Gasteiger partial charge in [-0.1, -0.05) is 20.8 Å². The summed E-state index contributed by atoms with van der Waals surface area (Å²) in [6, 6.07) is 3.57. The fourth-order valence-electron chi connectivity index (χ4n) is 2.05. The number of hydrogen-bond donors (Lipinski definition) is 2. The summed E-state index contributed by atoms with van der Waals surface area (Å²) in [6.45, 7) is 6.48. The summed E-state index contributed by atoms with van der Waals surface area (Å²) in [5.41, 5.74) is 0.197. The minimum atomic E-state index is -0.620. The maximum Gasteiger partial charge on any atom is 0.272 e. The Kier molecular flexibility index (Phi) is 5.59. The van der Waals surface area contributed by atoms with Crippen molar-refractivity contribution in [3.63, 3.8) is 0 Å². The molecule has 0 heterocycles. The van der Waals surface area contributed by atoms with Gasteiger partial charge in [-0.05, 0) is 23.5 Å². The van der Waals surface area contributed by atoms with Gasteiger partial charge in [0.2, 0.25) is 0 Å². The molecule has 0 amide bonds. The Labute approximate surface area is 118 Å². The second-order valence-electron chi connectivity index (χ2n) is 5.89. The van der Waals surface area contributed by atoms with Crippen LogP contribution in [0, 0.1) is 21.3 Å². The second kappa shape index (κ2) is 6.76. The van der Waals surface area contributed by atoms with Gasteiger partial charge >= 0.3 is 0 Å². The average Bonchev–Trinajstić information content (AvgIpc) is 2.32. The topological polar surface area (TPSA) is 75.4 Å². The second-order valence-corrected chi connectivity index (χ2v) is 5.89. The van der Waals surface area contributed by atoms with Gasteiger partial charge in [0, 0.05) is 25.3 Å². The van der Waals surface area contributed by atoms with Crippen LogP contribution in [0.3, 0.4) is 0 Å². The highest BCUT2D eigenvalue weighted by molar-refractivity contribution is 5.35. The summed E-state index contributed by atoms with van der Waals surface area (Å²) in [7, 11) is 0. The molecule has 112 valence electrons. The van der Waals surface area contributed by atoms with E-state index in [4.69, 9.17) is 5.11 Å². The number of non-ortho nitro benzene ring substituents is 1. The van der Waals surface area contributed by atoms with E-state index in [1.54, 1.807) is 0 Å². The SMILES string of the molecule is CC(C)(C)C(CCO)NCc1cc(F)cc([N+](=O)[O-])c1. The highest BCUT2D eigenvalue weighted by atomic mass is 19.1. The first kappa shape index (κ1) is 16.5. The van der Waals surface area contributed by atoms with E-state index in [0.717, 1.165) is 6.07 Å². The molecule has 2 N–H and O–H groups in total. The van der Waals surface area contributed by atoms with Crippen molar-refractivity contribution >= 4 is 5.69 Å². The highest BCUT2D eigenvalue weighted by Gasteiger charge is 2.23. The van der Waals surface area contributed by atoms with E-state index < -0.39 is 10.7 Å². The van der Waals surface area contributed by atoms with E-state index in [9.17, 15) is 14.5 Å². The number of aliphatic hydroxyl groups is 1. The van der Waals surface area contributed by atoms with Gasteiger partial charge in [0.1, 0.15) is 5.82 Å². The molecule has 1 aromatic rings. The molecular weight excluding hydrogens is 263 g/mol. The third-order valence-corrected chi connectivity index (χ3v) is 3.17. The van der Waals surface area contributed by atoms with E-state index in [0.29, 0.717) is 18.5 Å². The average molecular weight is 284 g/mol. The molecule has 0 spiro atoms. The first-order chi connectivity index (χ1) is 9.24. The molecule has 0 aromatic heterocycles. The minimum absolute atomic E-state index is 0.0369. The van der Waals surface area contributed by atoms with Crippen LogP contribution in [0.25, 0.3) is 0 Å². The van der Waals surface area contributed by atoms with Crippen molar-refractivity contribution in [1.29, 1.82) is 0 Å². The predicted octanol–water partition coefficient (Wildman–Crippen LogP) is 2.62. The molecule has 1 aromatic carbocycles. The molecule has 5 nitrogen and oxygen atoms in total. The number of nitrogens with one attached hydrogen (secondary N) is 1. The fraction of sp³-hybridized carbons (Fsp3) is 0.571. The standard InChI is InChI=1S/C14H21FN2O3/c1-14(2,3)13(4-5-18)16-9-10-6-11(15)8-12(7-10)17(19)20/h6-8,13,16,18H,4-5,9H2,1-3H3. The number of hydrogen-bond acceptors (Lipinski definition) is 4. The number of nitrogens with zero attached hydrogens (tertiary/aromatic N) is 1. The first-order valence-electron chi connectivity index (χ1n) is 6.52. The van der Waals surface area contributed by atoms with Crippen LogP contribution in [0.5, 0.6) is 0 Å². The van der Waals surface area contributed by atoms with Crippen LogP contribution in [-0.4, -0.2) is 22.7 Å². The van der Waals surface area contributed by atoms with Crippen LogP contribution in [0.2, 0.25) is 0 Å². The molecule has 0 aliphatic heterocycles. The lowest BCUT2D eigenvalue weighted by Crippen LogP contribution is -2.40. The van der Waals surface area contributed by atoms with E-state index in [-0.39, 0.29) is 23.8 Å². The summed E-state index contributed by atoms with van der Waals surface area (Å²) in [5.74, 6) is -0.620. The highest BCUT2D eigenvalue weighted by Crippen LogP contribution is 2.23. The zero-order valence-electron chi connectivity index (χ0n) is 12.0. The van der Waals surface area contributed by atoms with Crippen LogP contribution in [0.4, 0.5) is 10.1 Å². The molecule has 0 aliphatic carbocycles. The molecule has 0 saturated carbocycles. The zero-order chi connectivity index (χ0) is 15.3. The Hall–Kier alpha value is -1.53. The van der Waals surface area contributed by atoms with Gasteiger partial charge in [-0.3, -0.25) is 10.1 Å². The summed E-state index contributed by atoms with van der Waals surface area (Å²) in [6.07, 6.45) is 0.570. The van der Waals surface area contributed by atoms with Gasteiger partial charge in [0.15, 0.2) is 0 Å². The molecule has 0 bridgehead atoms. The maximum absolute atomic E-state index is 13.3. The summed E-state index contributed by atoms with van der Waals surface area (Å²) >= 11 is 0. The van der Waals surface area contributed by atoms with Gasteiger partial charge < -0.3 is 10.4 Å². The van der Waals surface area contributed by atoms with E-state index in [2.05, 4.69) is 5.32 Å². The van der Waals surface area contributed by atoms with Crippen molar-refractivity contribution in [2.45, 2.75) is 39.8 Å². The summed E-state index contributed by atoms with van der Waals surface area (Å²) in [5, 5.41) is 23.0. The maximum atomic E-state index is 13.3. The molecule has 0 aliphatic rings. The first-order valence-corrected chi connectivity index (χ1v) is 6.52. The van der Waals surface area contributed by atoms with E-state index >= 15 is 0 Å². The monoisotopic (exact) mass is 284 g/mol. The predicted molar refractivity (Wildman–Crippen MR) is 74.8 cm³/mol. The van der Waals surface area contributed by atoms with Gasteiger partial charge in [-0.15, -0.1) is 0 Å². The number of benzene rings is 1. The number of nitro benzene ring substituents is 1. The molecule has 20 heavy (non-hydrogen) atoms. The quantitative estimate of drug-likeness (QED) is 0.622. The smallest absolute Gasteiger partial charge is 0.272 e. The Bertz CT molecular complexity index is 472. The van der Waals surface area contributed by atoms with Crippen molar-refractivity contribution in [2.75, 3.05) is 6.61 Å². The molecule has 6 heteroatoms. The third-order valence-electron chi connectivity index (χ3n) is 3.17. The van der Waals surface area contributed by atoms with Crippen molar-refractivity contribution in [2.24, 2.45) is 5.41 Å². The van der Waals surface area contributed by atoms with Crippen LogP contribution < -0.4 is 5.32 Å². The van der Waals surface area contributed by atoms with Crippen molar-refractivity contribution in [1.82, 2.24) is 5.32 Å². The Balaban J connectivity index is 2.80. The lowest BCUT2D eigenvalue weighted by Gasteiger charge is -2.31. The van der Waals surface area contributed by atoms with E-state index in [1.807, 2.05) is 20.8 Å². The Morgan fingerprint density at radius 1 is 1.40 bits per heavy atom. The third kappa shape index (κ3) is 4.86. The van der Waals surface area contributed by atoms with Crippen LogP contribution in [0.15, 0.2) is 18.2 Å². The molecule has 0 radical (unpaired) electrons. The van der Waals surface area contributed by atoms with Crippen LogP contribution >= 0.6 is 0 Å². The molecule has 0 saturated heterocycles. The Morgan fingerprint density at radius 2 is 2.05 bits per heavy atom. The molecule has 0 fully saturated rings. The van der Waals surface area contributed by atoms with Crippen LogP contribution in [0.1, 0.15) is 32.8 Å². The van der Waals surface area contributed by atoms with E-state index in [1.165, 1.54) is 12.1 Å².